The predicted octanol–water partition coefficient (Wildman–Crippen LogP) is 8.75. The first kappa shape index (κ1) is 23.6. The molecular formula is C36H24N4. The summed E-state index contributed by atoms with van der Waals surface area (Å²) < 4.78 is 0. The van der Waals surface area contributed by atoms with E-state index in [2.05, 4.69) is 65.6 Å². The van der Waals surface area contributed by atoms with E-state index in [1.165, 1.54) is 11.1 Å². The van der Waals surface area contributed by atoms with E-state index in [1.807, 2.05) is 85.2 Å². The fourth-order valence-electron chi connectivity index (χ4n) is 4.99. The van der Waals surface area contributed by atoms with Gasteiger partial charge in [0.2, 0.25) is 0 Å². The summed E-state index contributed by atoms with van der Waals surface area (Å²) in [5, 5.41) is 2.24. The molecule has 2 aromatic heterocycles. The van der Waals surface area contributed by atoms with Gasteiger partial charge < -0.3 is 0 Å². The molecule has 7 rings (SSSR count). The monoisotopic (exact) mass is 512 g/mol. The third-order valence-electron chi connectivity index (χ3n) is 7.05. The Bertz CT molecular complexity index is 1860. The second-order valence-corrected chi connectivity index (χ2v) is 9.59. The molecule has 0 bridgehead atoms. The number of hydrogen-bond acceptors (Lipinski definition) is 4. The summed E-state index contributed by atoms with van der Waals surface area (Å²) in [7, 11) is 0. The second kappa shape index (κ2) is 10.4. The first-order chi connectivity index (χ1) is 19.8. The molecule has 0 saturated heterocycles. The van der Waals surface area contributed by atoms with Gasteiger partial charge in [0.1, 0.15) is 0 Å². The van der Waals surface area contributed by atoms with Crippen LogP contribution >= 0.6 is 0 Å². The van der Waals surface area contributed by atoms with Crippen LogP contribution in [0.25, 0.3) is 67.2 Å². The van der Waals surface area contributed by atoms with Crippen molar-refractivity contribution in [1.82, 2.24) is 19.9 Å². The Hall–Kier alpha value is -5.48. The van der Waals surface area contributed by atoms with Crippen LogP contribution in [-0.4, -0.2) is 19.9 Å². The number of nitrogens with zero attached hydrogens (tertiary/aromatic N) is 4. The van der Waals surface area contributed by atoms with E-state index < -0.39 is 0 Å². The Morgan fingerprint density at radius 3 is 1.50 bits per heavy atom. The van der Waals surface area contributed by atoms with Crippen molar-refractivity contribution < 1.29 is 0 Å². The average molecular weight is 513 g/mol. The molecule has 40 heavy (non-hydrogen) atoms. The van der Waals surface area contributed by atoms with E-state index in [0.717, 1.165) is 38.6 Å². The third-order valence-corrected chi connectivity index (χ3v) is 7.05. The van der Waals surface area contributed by atoms with E-state index >= 15 is 0 Å². The van der Waals surface area contributed by atoms with Crippen molar-refractivity contribution in [1.29, 1.82) is 0 Å². The fourth-order valence-corrected chi connectivity index (χ4v) is 4.99. The molecule has 0 radical (unpaired) electrons. The Morgan fingerprint density at radius 2 is 0.875 bits per heavy atom. The third kappa shape index (κ3) is 4.63. The van der Waals surface area contributed by atoms with Crippen molar-refractivity contribution >= 4 is 10.8 Å². The highest BCUT2D eigenvalue weighted by molar-refractivity contribution is 5.97. The van der Waals surface area contributed by atoms with Crippen LogP contribution in [0.1, 0.15) is 0 Å². The molecule has 188 valence electrons. The summed E-state index contributed by atoms with van der Waals surface area (Å²) in [6.07, 6.45) is 3.64. The molecule has 2 heterocycles. The molecule has 4 heteroatoms. The van der Waals surface area contributed by atoms with Crippen LogP contribution in [-0.2, 0) is 0 Å². The quantitative estimate of drug-likeness (QED) is 0.231. The lowest BCUT2D eigenvalue weighted by Gasteiger charge is -2.11. The van der Waals surface area contributed by atoms with Gasteiger partial charge in [0, 0.05) is 29.1 Å². The summed E-state index contributed by atoms with van der Waals surface area (Å²) in [5.74, 6) is 1.98. The zero-order chi connectivity index (χ0) is 26.7. The topological polar surface area (TPSA) is 51.6 Å². The van der Waals surface area contributed by atoms with E-state index in [-0.39, 0.29) is 0 Å². The van der Waals surface area contributed by atoms with E-state index in [4.69, 9.17) is 15.0 Å². The highest BCUT2D eigenvalue weighted by Gasteiger charge is 2.14. The lowest BCUT2D eigenvalue weighted by molar-refractivity contribution is 1.08. The average Bonchev–Trinajstić information content (AvgIpc) is 3.05. The molecule has 0 aliphatic rings. The SMILES string of the molecule is c1ccc(-c2nc(-c3ccccc3)nc(-c3cccc4cc(-c5ccc(-c6ccncc6)cc5)ccc34)n2)cc1. The van der Waals surface area contributed by atoms with Crippen LogP contribution in [0.5, 0.6) is 0 Å². The maximum absolute atomic E-state index is 4.94. The molecule has 0 amide bonds. The van der Waals surface area contributed by atoms with Crippen LogP contribution < -0.4 is 0 Å². The molecule has 5 aromatic carbocycles. The molecule has 0 atom stereocenters. The summed E-state index contributed by atoms with van der Waals surface area (Å²) in [5.41, 5.74) is 7.56. The highest BCUT2D eigenvalue weighted by Crippen LogP contribution is 2.33. The van der Waals surface area contributed by atoms with Gasteiger partial charge in [-0.2, -0.15) is 0 Å². The molecule has 0 aliphatic carbocycles. The summed E-state index contributed by atoms with van der Waals surface area (Å²) in [4.78, 5) is 18.8. The van der Waals surface area contributed by atoms with Crippen molar-refractivity contribution in [2.75, 3.05) is 0 Å². The molecule has 0 fully saturated rings. The van der Waals surface area contributed by atoms with Crippen LogP contribution in [0.2, 0.25) is 0 Å². The zero-order valence-electron chi connectivity index (χ0n) is 21.6. The van der Waals surface area contributed by atoms with Crippen molar-refractivity contribution in [3.05, 3.63) is 146 Å². The Kier molecular flexibility index (Phi) is 6.11. The molecule has 0 spiro atoms. The summed E-state index contributed by atoms with van der Waals surface area (Å²) in [6.45, 7) is 0. The standard InChI is InChI=1S/C36H24N4/c1-3-8-28(9-4-1)34-38-35(29-10-5-2-6-11-29)40-36(39-34)33-13-7-12-31-24-30(18-19-32(31)33)26-16-14-25(15-17-26)27-20-22-37-23-21-27/h1-24H. The summed E-state index contributed by atoms with van der Waals surface area (Å²) in [6, 6.07) is 45.7. The normalized spacial score (nSPS) is 11.0. The first-order valence-electron chi connectivity index (χ1n) is 13.2. The molecule has 0 N–H and O–H groups in total. The Balaban J connectivity index is 1.31. The number of hydrogen-bond donors (Lipinski definition) is 0. The lowest BCUT2D eigenvalue weighted by Crippen LogP contribution is -2.00. The minimum absolute atomic E-state index is 0.660. The maximum atomic E-state index is 4.94. The number of pyridine rings is 1. The van der Waals surface area contributed by atoms with Gasteiger partial charge in [-0.05, 0) is 51.2 Å². The van der Waals surface area contributed by atoms with Gasteiger partial charge in [0.25, 0.3) is 0 Å². The molecule has 0 saturated carbocycles. The minimum atomic E-state index is 0.660. The maximum Gasteiger partial charge on any atom is 0.164 e. The van der Waals surface area contributed by atoms with E-state index in [0.29, 0.717) is 17.5 Å². The molecule has 4 nitrogen and oxygen atoms in total. The molecular weight excluding hydrogens is 488 g/mol. The number of aromatic nitrogens is 4. The minimum Gasteiger partial charge on any atom is -0.265 e. The molecule has 7 aromatic rings. The van der Waals surface area contributed by atoms with Crippen LogP contribution in [0.4, 0.5) is 0 Å². The number of rotatable bonds is 5. The lowest BCUT2D eigenvalue weighted by atomic mass is 9.97. The number of benzene rings is 5. The fraction of sp³-hybridized carbons (Fsp3) is 0. The molecule has 0 aliphatic heterocycles. The Labute approximate surface area is 232 Å². The molecule has 0 unspecified atom stereocenters. The van der Waals surface area contributed by atoms with Crippen LogP contribution in [0.3, 0.4) is 0 Å². The van der Waals surface area contributed by atoms with E-state index in [9.17, 15) is 0 Å². The van der Waals surface area contributed by atoms with Gasteiger partial charge in [-0.15, -0.1) is 0 Å². The smallest absolute Gasteiger partial charge is 0.164 e. The van der Waals surface area contributed by atoms with Crippen molar-refractivity contribution in [3.63, 3.8) is 0 Å². The van der Waals surface area contributed by atoms with Gasteiger partial charge >= 0.3 is 0 Å². The highest BCUT2D eigenvalue weighted by atomic mass is 15.0. The van der Waals surface area contributed by atoms with Gasteiger partial charge in [0.05, 0.1) is 0 Å². The second-order valence-electron chi connectivity index (χ2n) is 9.59. The zero-order valence-corrected chi connectivity index (χ0v) is 21.6. The van der Waals surface area contributed by atoms with Gasteiger partial charge in [-0.25, -0.2) is 15.0 Å². The van der Waals surface area contributed by atoms with Gasteiger partial charge in [0.15, 0.2) is 17.5 Å². The number of fused-ring (bicyclic) bond motifs is 1. The van der Waals surface area contributed by atoms with Crippen molar-refractivity contribution in [2.24, 2.45) is 0 Å². The predicted molar refractivity (Wildman–Crippen MR) is 162 cm³/mol. The summed E-state index contributed by atoms with van der Waals surface area (Å²) >= 11 is 0. The van der Waals surface area contributed by atoms with Crippen LogP contribution in [0, 0.1) is 0 Å². The van der Waals surface area contributed by atoms with Crippen molar-refractivity contribution in [3.8, 4) is 56.4 Å². The van der Waals surface area contributed by atoms with Gasteiger partial charge in [-0.3, -0.25) is 4.98 Å². The van der Waals surface area contributed by atoms with Crippen LogP contribution in [0.15, 0.2) is 146 Å². The van der Waals surface area contributed by atoms with Crippen molar-refractivity contribution in [2.45, 2.75) is 0 Å². The first-order valence-corrected chi connectivity index (χ1v) is 13.2. The van der Waals surface area contributed by atoms with Gasteiger partial charge in [-0.1, -0.05) is 115 Å². The largest absolute Gasteiger partial charge is 0.265 e. The van der Waals surface area contributed by atoms with E-state index in [1.54, 1.807) is 0 Å². The Morgan fingerprint density at radius 1 is 0.350 bits per heavy atom.